The van der Waals surface area contributed by atoms with Gasteiger partial charge in [-0.2, -0.15) is 4.99 Å². The number of nitro benzene ring substituents is 1. The van der Waals surface area contributed by atoms with Crippen molar-refractivity contribution in [3.63, 3.8) is 0 Å². The summed E-state index contributed by atoms with van der Waals surface area (Å²) in [6.07, 6.45) is 1.51. The van der Waals surface area contributed by atoms with Gasteiger partial charge in [-0.05, 0) is 30.0 Å². The summed E-state index contributed by atoms with van der Waals surface area (Å²) in [4.78, 5) is 25.8. The fraction of sp³-hybridized carbons (Fsp3) is 0. The third-order valence-corrected chi connectivity index (χ3v) is 4.11. The number of nitrogens with two attached hydrogens (primary N) is 1. The molecule has 0 spiro atoms. The highest BCUT2D eigenvalue weighted by molar-refractivity contribution is 8.18. The fourth-order valence-electron chi connectivity index (χ4n) is 1.95. The number of nitrogens with zero attached hydrogens (tertiary/aromatic N) is 2. The van der Waals surface area contributed by atoms with Crippen LogP contribution >= 0.6 is 23.4 Å². The first kappa shape index (κ1) is 15.3. The van der Waals surface area contributed by atoms with Crippen LogP contribution in [0.3, 0.4) is 0 Å². The van der Waals surface area contributed by atoms with E-state index in [-0.39, 0.29) is 10.9 Å². The maximum absolute atomic E-state index is 11.5. The van der Waals surface area contributed by atoms with Crippen LogP contribution < -0.4 is 5.73 Å². The number of amidine groups is 1. The molecular weight excluding hydrogens is 342 g/mol. The van der Waals surface area contributed by atoms with Crippen molar-refractivity contribution in [2.45, 2.75) is 0 Å². The van der Waals surface area contributed by atoms with E-state index >= 15 is 0 Å². The Morgan fingerprint density at radius 1 is 1.35 bits per heavy atom. The Hall–Kier alpha value is -2.58. The Kier molecular flexibility index (Phi) is 3.93. The number of furan rings is 1. The van der Waals surface area contributed by atoms with E-state index in [1.807, 2.05) is 0 Å². The molecule has 2 N–H and O–H groups in total. The molecule has 2 heterocycles. The van der Waals surface area contributed by atoms with Crippen molar-refractivity contribution in [3.8, 4) is 11.3 Å². The van der Waals surface area contributed by atoms with Gasteiger partial charge in [0.2, 0.25) is 0 Å². The Balaban J connectivity index is 1.94. The van der Waals surface area contributed by atoms with Gasteiger partial charge in [-0.25, -0.2) is 0 Å². The molecule has 116 valence electrons. The molecule has 2 aromatic rings. The van der Waals surface area contributed by atoms with Crippen molar-refractivity contribution < 1.29 is 14.1 Å². The second-order valence-electron chi connectivity index (χ2n) is 4.49. The molecule has 1 aliphatic rings. The summed E-state index contributed by atoms with van der Waals surface area (Å²) in [5.74, 6) is 0.317. The first-order valence-corrected chi connectivity index (χ1v) is 7.45. The highest BCUT2D eigenvalue weighted by Gasteiger charge is 2.20. The van der Waals surface area contributed by atoms with Crippen LogP contribution in [0.2, 0.25) is 5.02 Å². The first-order chi connectivity index (χ1) is 10.9. The van der Waals surface area contributed by atoms with Crippen LogP contribution in [0.4, 0.5) is 5.69 Å². The zero-order valence-corrected chi connectivity index (χ0v) is 12.9. The summed E-state index contributed by atoms with van der Waals surface area (Å²) in [5, 5.41) is 11.4. The molecule has 3 rings (SSSR count). The summed E-state index contributed by atoms with van der Waals surface area (Å²) in [7, 11) is 0. The minimum Gasteiger partial charge on any atom is -0.457 e. The number of aliphatic imine (C=N–C) groups is 1. The predicted molar refractivity (Wildman–Crippen MR) is 88.0 cm³/mol. The number of nitro groups is 1. The van der Waals surface area contributed by atoms with Gasteiger partial charge in [-0.1, -0.05) is 11.6 Å². The lowest BCUT2D eigenvalue weighted by molar-refractivity contribution is -0.384. The van der Waals surface area contributed by atoms with Crippen LogP contribution in [0.25, 0.3) is 17.4 Å². The number of amides is 1. The van der Waals surface area contributed by atoms with Gasteiger partial charge in [0.15, 0.2) is 5.17 Å². The molecule has 0 radical (unpaired) electrons. The van der Waals surface area contributed by atoms with Gasteiger partial charge in [0, 0.05) is 23.8 Å². The smallest absolute Gasteiger partial charge is 0.286 e. The topological polar surface area (TPSA) is 112 Å². The minimum absolute atomic E-state index is 0.0941. The Bertz CT molecular complexity index is 888. The Morgan fingerprint density at radius 2 is 2.13 bits per heavy atom. The number of carbonyl (C=O) groups excluding carboxylic acids is 1. The van der Waals surface area contributed by atoms with Gasteiger partial charge in [0.05, 0.1) is 14.9 Å². The summed E-state index contributed by atoms with van der Waals surface area (Å²) >= 11 is 7.11. The lowest BCUT2D eigenvalue weighted by Crippen LogP contribution is -2.01. The van der Waals surface area contributed by atoms with E-state index in [1.54, 1.807) is 12.1 Å². The van der Waals surface area contributed by atoms with Crippen LogP contribution in [0.1, 0.15) is 5.76 Å². The molecule has 1 aromatic heterocycles. The van der Waals surface area contributed by atoms with E-state index in [4.69, 9.17) is 21.8 Å². The lowest BCUT2D eigenvalue weighted by atomic mass is 10.1. The SMILES string of the molecule is NC1=NC(=O)C(=Cc2ccc(-c3cc([N+](=O)[O-])ccc3Cl)o2)S1. The maximum atomic E-state index is 11.5. The second kappa shape index (κ2) is 5.90. The molecule has 0 bridgehead atoms. The quantitative estimate of drug-likeness (QED) is 0.516. The summed E-state index contributed by atoms with van der Waals surface area (Å²) in [5.41, 5.74) is 5.77. The molecule has 1 aromatic carbocycles. The molecule has 1 aliphatic heterocycles. The van der Waals surface area contributed by atoms with E-state index in [2.05, 4.69) is 4.99 Å². The molecule has 7 nitrogen and oxygen atoms in total. The normalized spacial score (nSPS) is 16.0. The zero-order valence-electron chi connectivity index (χ0n) is 11.4. The highest BCUT2D eigenvalue weighted by atomic mass is 35.5. The molecule has 0 saturated heterocycles. The summed E-state index contributed by atoms with van der Waals surface area (Å²) in [6, 6.07) is 7.31. The maximum Gasteiger partial charge on any atom is 0.286 e. The van der Waals surface area contributed by atoms with E-state index < -0.39 is 10.8 Å². The number of non-ortho nitro benzene ring substituents is 1. The summed E-state index contributed by atoms with van der Waals surface area (Å²) in [6.45, 7) is 0. The van der Waals surface area contributed by atoms with E-state index in [0.29, 0.717) is 27.0 Å². The standard InChI is InChI=1S/C14H8ClN3O4S/c15-10-3-1-7(18(20)21)5-9(10)11-4-2-8(22-11)6-12-13(19)17-14(16)23-12/h1-6H,(H2,16,17,19). The number of hydrogen-bond donors (Lipinski definition) is 1. The van der Waals surface area contributed by atoms with Gasteiger partial charge in [0.25, 0.3) is 11.6 Å². The average molecular weight is 350 g/mol. The van der Waals surface area contributed by atoms with Crippen molar-refractivity contribution in [1.29, 1.82) is 0 Å². The molecule has 0 atom stereocenters. The van der Waals surface area contributed by atoms with Crippen molar-refractivity contribution in [2.24, 2.45) is 10.7 Å². The molecule has 9 heteroatoms. The number of benzene rings is 1. The lowest BCUT2D eigenvalue weighted by Gasteiger charge is -2.00. The largest absolute Gasteiger partial charge is 0.457 e. The first-order valence-electron chi connectivity index (χ1n) is 6.26. The van der Waals surface area contributed by atoms with Crippen LogP contribution in [0.5, 0.6) is 0 Å². The Labute approximate surface area is 139 Å². The van der Waals surface area contributed by atoms with Gasteiger partial charge in [-0.3, -0.25) is 14.9 Å². The van der Waals surface area contributed by atoms with E-state index in [1.165, 1.54) is 24.3 Å². The molecular formula is C14H8ClN3O4S. The fourth-order valence-corrected chi connectivity index (χ4v) is 2.82. The Morgan fingerprint density at radius 3 is 2.78 bits per heavy atom. The molecule has 1 amide bonds. The van der Waals surface area contributed by atoms with Crippen LogP contribution in [-0.4, -0.2) is 16.0 Å². The third-order valence-electron chi connectivity index (χ3n) is 2.96. The highest BCUT2D eigenvalue weighted by Crippen LogP contribution is 2.34. The van der Waals surface area contributed by atoms with Crippen molar-refractivity contribution >= 4 is 46.2 Å². The molecule has 0 unspecified atom stereocenters. The average Bonchev–Trinajstić information content (AvgIpc) is 3.06. The number of thioether (sulfide) groups is 1. The van der Waals surface area contributed by atoms with Crippen LogP contribution in [-0.2, 0) is 4.79 Å². The van der Waals surface area contributed by atoms with Crippen LogP contribution in [0, 0.1) is 10.1 Å². The van der Waals surface area contributed by atoms with Crippen molar-refractivity contribution in [2.75, 3.05) is 0 Å². The number of hydrogen-bond acceptors (Lipinski definition) is 6. The summed E-state index contributed by atoms with van der Waals surface area (Å²) < 4.78 is 5.59. The zero-order chi connectivity index (χ0) is 16.6. The van der Waals surface area contributed by atoms with Gasteiger partial charge >= 0.3 is 0 Å². The molecule has 0 saturated carbocycles. The van der Waals surface area contributed by atoms with E-state index in [9.17, 15) is 14.9 Å². The second-order valence-corrected chi connectivity index (χ2v) is 5.96. The predicted octanol–water partition coefficient (Wildman–Crippen LogP) is 3.44. The number of carbonyl (C=O) groups is 1. The van der Waals surface area contributed by atoms with Crippen LogP contribution in [0.15, 0.2) is 44.6 Å². The minimum atomic E-state index is -0.514. The molecule has 23 heavy (non-hydrogen) atoms. The van der Waals surface area contributed by atoms with Crippen molar-refractivity contribution in [1.82, 2.24) is 0 Å². The van der Waals surface area contributed by atoms with E-state index in [0.717, 1.165) is 11.8 Å². The molecule has 0 fully saturated rings. The van der Waals surface area contributed by atoms with Gasteiger partial charge in [0.1, 0.15) is 11.5 Å². The number of halogens is 1. The monoisotopic (exact) mass is 349 g/mol. The van der Waals surface area contributed by atoms with Gasteiger partial charge < -0.3 is 10.2 Å². The third kappa shape index (κ3) is 3.13. The number of rotatable bonds is 3. The molecule has 0 aliphatic carbocycles. The van der Waals surface area contributed by atoms with Gasteiger partial charge in [-0.15, -0.1) is 0 Å². The van der Waals surface area contributed by atoms with Crippen molar-refractivity contribution in [3.05, 3.63) is 56.1 Å².